The maximum Gasteiger partial charge on any atom is 0.269 e. The highest BCUT2D eigenvalue weighted by molar-refractivity contribution is 6.71. The third kappa shape index (κ3) is 7.17. The molecule has 4 aromatic carbocycles. The summed E-state index contributed by atoms with van der Waals surface area (Å²) in [6.45, 7) is 7.30. The molecule has 0 unspecified atom stereocenters. The molecule has 314 valence electrons. The zero-order valence-electron chi connectivity index (χ0n) is 34.2. The van der Waals surface area contributed by atoms with Crippen LogP contribution in [0.2, 0.25) is 18.6 Å². The largest absolute Gasteiger partial charge is 0.432 e. The first-order chi connectivity index (χ1) is 28.8. The highest BCUT2D eigenvalue weighted by atomic mass is 28.4. The number of hydrogen-bond acceptors (Lipinski definition) is 10. The Morgan fingerprint density at radius 1 is 0.933 bits per heavy atom. The van der Waals surface area contributed by atoms with Crippen molar-refractivity contribution in [2.45, 2.75) is 75.2 Å². The number of ether oxygens (including phenoxy) is 1. The number of piperidine rings is 1. The molecule has 0 aliphatic carbocycles. The molecule has 4 heterocycles. The fraction of sp³-hybridized carbons (Fsp3) is 0.400. The smallest absolute Gasteiger partial charge is 0.269 e. The standard InChI is InChI=1S/C45H52N6O8Si/c1-31-41(60(2,3)58)39(27-40(53)47(23-24-52)28-32-11-6-4-7-12-32)59-45(31)37-26-36(51(56)57)17-18-38(37)48(43(45)55)29-33-13-10-16-35(25-33)49-30-50(34-14-8-5-9-15-34)44(42(49)54)19-21-46-22-20-44/h4-18,25-26,31,39,41,46,52,58H,19-24,27-30H2,1-3H3/t31-,39+,41-,45+/m1/s1. The fourth-order valence-corrected chi connectivity index (χ4v) is 12.8. The Balaban J connectivity index is 1.12. The van der Waals surface area contributed by atoms with Crippen LogP contribution in [0.15, 0.2) is 103 Å². The normalized spacial score (nSPS) is 23.5. The SMILES string of the molecule is C[C@@H]1[C@@H]([Si](C)(C)O)[C@H](CC(=O)N(CCO)Cc2ccccc2)O[C@@]12C(=O)N(Cc1cccc(N3CN(c4ccccc4)C4(CCNCC4)C3=O)c1)c1ccc([N+](=O)[O-])cc12. The van der Waals surface area contributed by atoms with E-state index in [1.54, 1.807) is 29.0 Å². The van der Waals surface area contributed by atoms with Crippen molar-refractivity contribution in [3.05, 3.63) is 130 Å². The molecule has 14 nitrogen and oxygen atoms in total. The van der Waals surface area contributed by atoms with Gasteiger partial charge in [-0.25, -0.2) is 0 Å². The van der Waals surface area contributed by atoms with Gasteiger partial charge in [0.25, 0.3) is 17.5 Å². The number of aliphatic hydroxyl groups is 1. The van der Waals surface area contributed by atoms with Gasteiger partial charge >= 0.3 is 0 Å². The van der Waals surface area contributed by atoms with Crippen LogP contribution in [0.4, 0.5) is 22.7 Å². The minimum atomic E-state index is -3.19. The van der Waals surface area contributed by atoms with Crippen LogP contribution in [0.5, 0.6) is 0 Å². The van der Waals surface area contributed by atoms with E-state index in [-0.39, 0.29) is 50.2 Å². The first kappa shape index (κ1) is 41.3. The van der Waals surface area contributed by atoms with Gasteiger partial charge in [0.1, 0.15) is 5.54 Å². The Kier molecular flexibility index (Phi) is 11.1. The summed E-state index contributed by atoms with van der Waals surface area (Å²) in [6.07, 6.45) is 0.263. The van der Waals surface area contributed by atoms with E-state index in [0.29, 0.717) is 36.4 Å². The lowest BCUT2D eigenvalue weighted by molar-refractivity contribution is -0.385. The van der Waals surface area contributed by atoms with Gasteiger partial charge in [-0.2, -0.15) is 0 Å². The van der Waals surface area contributed by atoms with Crippen molar-refractivity contribution in [3.63, 3.8) is 0 Å². The molecule has 0 aromatic heterocycles. The predicted molar refractivity (Wildman–Crippen MR) is 230 cm³/mol. The van der Waals surface area contributed by atoms with E-state index in [1.807, 2.05) is 96.8 Å². The summed E-state index contributed by atoms with van der Waals surface area (Å²) in [7, 11) is -3.19. The number of fused-ring (bicyclic) bond motifs is 2. The molecule has 2 spiro atoms. The van der Waals surface area contributed by atoms with Gasteiger partial charge in [-0.15, -0.1) is 0 Å². The molecular weight excluding hydrogens is 781 g/mol. The molecule has 0 saturated carbocycles. The Morgan fingerprint density at radius 2 is 1.60 bits per heavy atom. The number of nitrogens with one attached hydrogen (secondary N) is 1. The van der Waals surface area contributed by atoms with Crippen molar-refractivity contribution in [1.82, 2.24) is 10.2 Å². The molecular formula is C45H52N6O8Si. The minimum absolute atomic E-state index is 0.0239. The van der Waals surface area contributed by atoms with Crippen molar-refractivity contribution in [2.75, 3.05) is 47.6 Å². The van der Waals surface area contributed by atoms with Gasteiger partial charge in [0.2, 0.25) is 5.91 Å². The fourth-order valence-electron chi connectivity index (χ4n) is 10.2. The van der Waals surface area contributed by atoms with Crippen molar-refractivity contribution in [1.29, 1.82) is 0 Å². The van der Waals surface area contributed by atoms with Gasteiger partial charge in [-0.05, 0) is 80.5 Å². The molecule has 3 saturated heterocycles. The summed E-state index contributed by atoms with van der Waals surface area (Å²) in [4.78, 5) is 74.4. The second kappa shape index (κ2) is 16.2. The summed E-state index contributed by atoms with van der Waals surface area (Å²) in [5.41, 5.74) is 0.799. The second-order valence-corrected chi connectivity index (χ2v) is 21.0. The molecule has 0 bridgehead atoms. The van der Waals surface area contributed by atoms with Gasteiger partial charge in [0.05, 0.1) is 43.0 Å². The first-order valence-corrected chi connectivity index (χ1v) is 23.7. The number of nitrogens with zero attached hydrogens (tertiary/aromatic N) is 5. The number of amides is 3. The number of aliphatic hydroxyl groups excluding tert-OH is 1. The maximum atomic E-state index is 15.2. The first-order valence-electron chi connectivity index (χ1n) is 20.7. The van der Waals surface area contributed by atoms with Crippen LogP contribution >= 0.6 is 0 Å². The average Bonchev–Trinajstić information content (AvgIpc) is 3.78. The van der Waals surface area contributed by atoms with Crippen LogP contribution < -0.4 is 20.0 Å². The van der Waals surface area contributed by atoms with Crippen molar-refractivity contribution >= 4 is 48.8 Å². The van der Waals surface area contributed by atoms with Crippen molar-refractivity contribution in [3.8, 4) is 0 Å². The van der Waals surface area contributed by atoms with E-state index in [2.05, 4.69) is 10.2 Å². The van der Waals surface area contributed by atoms with Gasteiger partial charge in [0, 0.05) is 53.6 Å². The number of nitro benzene ring substituents is 1. The van der Waals surface area contributed by atoms with Crippen LogP contribution in [0, 0.1) is 16.0 Å². The molecule has 3 fully saturated rings. The van der Waals surface area contributed by atoms with Gasteiger partial charge in [-0.3, -0.25) is 29.4 Å². The quantitative estimate of drug-likeness (QED) is 0.0971. The van der Waals surface area contributed by atoms with Crippen molar-refractivity contribution < 1.29 is 33.9 Å². The van der Waals surface area contributed by atoms with Gasteiger partial charge < -0.3 is 34.7 Å². The topological polar surface area (TPSA) is 169 Å². The molecule has 4 aliphatic rings. The van der Waals surface area contributed by atoms with E-state index >= 15 is 4.79 Å². The third-order valence-corrected chi connectivity index (χ3v) is 15.5. The minimum Gasteiger partial charge on any atom is -0.432 e. The summed E-state index contributed by atoms with van der Waals surface area (Å²) in [6, 6.07) is 31.3. The Morgan fingerprint density at radius 3 is 2.27 bits per heavy atom. The average molecular weight is 833 g/mol. The van der Waals surface area contributed by atoms with Gasteiger partial charge in [-0.1, -0.05) is 67.6 Å². The number of nitro groups is 1. The highest BCUT2D eigenvalue weighted by Crippen LogP contribution is 2.60. The number of rotatable bonds is 12. The zero-order valence-corrected chi connectivity index (χ0v) is 35.2. The Bertz CT molecular complexity index is 2270. The van der Waals surface area contributed by atoms with Crippen molar-refractivity contribution in [2.24, 2.45) is 5.92 Å². The highest BCUT2D eigenvalue weighted by Gasteiger charge is 2.67. The van der Waals surface area contributed by atoms with Crippen LogP contribution in [0.25, 0.3) is 0 Å². The lowest BCUT2D eigenvalue weighted by Crippen LogP contribution is -2.55. The Labute approximate surface area is 350 Å². The number of para-hydroxylation sites is 1. The summed E-state index contributed by atoms with van der Waals surface area (Å²) >= 11 is 0. The molecule has 8 rings (SSSR count). The maximum absolute atomic E-state index is 15.2. The van der Waals surface area contributed by atoms with Crippen LogP contribution in [-0.2, 0) is 37.8 Å². The van der Waals surface area contributed by atoms with E-state index in [1.165, 1.54) is 12.1 Å². The predicted octanol–water partition coefficient (Wildman–Crippen LogP) is 5.28. The molecule has 4 aliphatic heterocycles. The van der Waals surface area contributed by atoms with E-state index in [0.717, 1.165) is 29.9 Å². The monoisotopic (exact) mass is 832 g/mol. The molecule has 3 N–H and O–H groups in total. The lowest BCUT2D eigenvalue weighted by atomic mass is 9.82. The summed E-state index contributed by atoms with van der Waals surface area (Å²) in [5.74, 6) is -1.39. The van der Waals surface area contributed by atoms with Crippen LogP contribution in [0.1, 0.15) is 42.9 Å². The molecule has 60 heavy (non-hydrogen) atoms. The van der Waals surface area contributed by atoms with E-state index in [4.69, 9.17) is 4.74 Å². The molecule has 0 radical (unpaired) electrons. The second-order valence-electron chi connectivity index (χ2n) is 17.0. The summed E-state index contributed by atoms with van der Waals surface area (Å²) in [5, 5.41) is 25.5. The summed E-state index contributed by atoms with van der Waals surface area (Å²) < 4.78 is 6.88. The number of non-ortho nitro benzene ring substituents is 1. The molecule has 3 amide bonds. The van der Waals surface area contributed by atoms with E-state index in [9.17, 15) is 29.6 Å². The van der Waals surface area contributed by atoms with Crippen LogP contribution in [-0.4, -0.2) is 90.3 Å². The van der Waals surface area contributed by atoms with Crippen LogP contribution in [0.3, 0.4) is 0 Å². The van der Waals surface area contributed by atoms with Gasteiger partial charge in [0.15, 0.2) is 13.9 Å². The third-order valence-electron chi connectivity index (χ3n) is 13.0. The number of carbonyl (C=O) groups excluding carboxylic acids is 3. The lowest BCUT2D eigenvalue weighted by Gasteiger charge is -2.39. The number of anilines is 3. The Hall–Kier alpha value is -5.45. The van der Waals surface area contributed by atoms with E-state index < -0.39 is 47.9 Å². The molecule has 15 heteroatoms. The zero-order chi connectivity index (χ0) is 42.4. The number of hydrogen-bond donors (Lipinski definition) is 3. The number of carbonyl (C=O) groups is 3. The molecule has 4 aromatic rings. The number of benzene rings is 4. The molecule has 4 atom stereocenters.